The molecule has 196 valence electrons. The van der Waals surface area contributed by atoms with Crippen LogP contribution in [0.2, 0.25) is 0 Å². The van der Waals surface area contributed by atoms with E-state index in [-0.39, 0.29) is 17.8 Å². The average molecular weight is 534 g/mol. The molecule has 0 saturated carbocycles. The maximum absolute atomic E-state index is 14.0. The van der Waals surface area contributed by atoms with E-state index in [1.807, 2.05) is 11.0 Å². The van der Waals surface area contributed by atoms with Crippen molar-refractivity contribution in [1.29, 1.82) is 0 Å². The van der Waals surface area contributed by atoms with Gasteiger partial charge in [-0.2, -0.15) is 0 Å². The number of anilines is 2. The predicted molar refractivity (Wildman–Crippen MR) is 147 cm³/mol. The van der Waals surface area contributed by atoms with E-state index in [9.17, 15) is 14.9 Å². The highest BCUT2D eigenvalue weighted by molar-refractivity contribution is 7.22. The number of ether oxygens (including phenoxy) is 2. The molecule has 3 heterocycles. The summed E-state index contributed by atoms with van der Waals surface area (Å²) < 4.78 is 11.7. The number of methoxy groups -OCH3 is 2. The number of nitrogens with zero attached hydrogens (tertiary/aromatic N) is 5. The Hall–Kier alpha value is -4.25. The highest BCUT2D eigenvalue weighted by atomic mass is 32.1. The van der Waals surface area contributed by atoms with Crippen LogP contribution in [0.3, 0.4) is 0 Å². The average Bonchev–Trinajstić information content (AvgIpc) is 3.41. The fourth-order valence-corrected chi connectivity index (χ4v) is 5.72. The topological polar surface area (TPSA) is 111 Å². The molecule has 11 heteroatoms. The molecule has 0 radical (unpaired) electrons. The molecule has 0 atom stereocenters. The van der Waals surface area contributed by atoms with Crippen molar-refractivity contribution in [2.75, 3.05) is 37.1 Å². The second-order valence-corrected chi connectivity index (χ2v) is 9.88. The number of hydrogen-bond donors (Lipinski definition) is 0. The second kappa shape index (κ2) is 11.0. The molecule has 2 aromatic carbocycles. The fraction of sp³-hybridized carbons (Fsp3) is 0.296. The lowest BCUT2D eigenvalue weighted by molar-refractivity contribution is -0.384. The van der Waals surface area contributed by atoms with Crippen molar-refractivity contribution in [3.63, 3.8) is 0 Å². The smallest absolute Gasteiger partial charge is 0.293 e. The zero-order chi connectivity index (χ0) is 26.6. The largest absolute Gasteiger partial charge is 0.495 e. The molecule has 1 amide bonds. The zero-order valence-electron chi connectivity index (χ0n) is 21.1. The quantitative estimate of drug-likeness (QED) is 0.217. The highest BCUT2D eigenvalue weighted by Crippen LogP contribution is 2.41. The summed E-state index contributed by atoms with van der Waals surface area (Å²) in [6, 6.07) is 11.9. The molecule has 0 aliphatic carbocycles. The number of aromatic nitrogens is 2. The van der Waals surface area contributed by atoms with Crippen LogP contribution in [0, 0.1) is 10.1 Å². The summed E-state index contributed by atoms with van der Waals surface area (Å²) in [6.45, 7) is 1.70. The molecule has 0 unspecified atom stereocenters. The van der Waals surface area contributed by atoms with Gasteiger partial charge in [-0.05, 0) is 55.2 Å². The molecule has 5 rings (SSSR count). The minimum Gasteiger partial charge on any atom is -0.495 e. The van der Waals surface area contributed by atoms with Crippen LogP contribution in [0.25, 0.3) is 10.2 Å². The summed E-state index contributed by atoms with van der Waals surface area (Å²) in [6.07, 6.45) is 6.42. The molecule has 0 bridgehead atoms. The lowest BCUT2D eigenvalue weighted by Gasteiger charge is -2.28. The minimum absolute atomic E-state index is 0.0771. The van der Waals surface area contributed by atoms with Crippen LogP contribution < -0.4 is 19.3 Å². The number of pyridine rings is 1. The number of amides is 1. The number of hydrogen-bond acceptors (Lipinski definition) is 9. The van der Waals surface area contributed by atoms with Crippen LogP contribution in [0.15, 0.2) is 54.9 Å². The molecular formula is C27H27N5O5S. The van der Waals surface area contributed by atoms with Gasteiger partial charge in [-0.3, -0.25) is 24.8 Å². The summed E-state index contributed by atoms with van der Waals surface area (Å²) >= 11 is 1.29. The molecule has 2 aromatic heterocycles. The van der Waals surface area contributed by atoms with Gasteiger partial charge in [0.25, 0.3) is 11.6 Å². The SMILES string of the molecule is COc1ccc(OC)c2sc(N(Cc3cccnc3)C(=O)c3ccc(N4CCCCC4)c([N+](=O)[O-])c3)nc12. The molecule has 38 heavy (non-hydrogen) atoms. The van der Waals surface area contributed by atoms with Gasteiger partial charge in [0.05, 0.1) is 25.7 Å². The van der Waals surface area contributed by atoms with Crippen LogP contribution in [0.1, 0.15) is 35.2 Å². The third kappa shape index (κ3) is 4.97. The van der Waals surface area contributed by atoms with Gasteiger partial charge in [-0.1, -0.05) is 17.4 Å². The first-order chi connectivity index (χ1) is 18.5. The lowest BCUT2D eigenvalue weighted by Crippen LogP contribution is -2.31. The van der Waals surface area contributed by atoms with E-state index in [4.69, 9.17) is 14.5 Å². The third-order valence-electron chi connectivity index (χ3n) is 6.55. The summed E-state index contributed by atoms with van der Waals surface area (Å²) in [4.78, 5) is 38.0. The van der Waals surface area contributed by atoms with Gasteiger partial charge in [-0.15, -0.1) is 0 Å². The number of carbonyl (C=O) groups excluding carboxylic acids is 1. The predicted octanol–water partition coefficient (Wildman–Crippen LogP) is 5.45. The van der Waals surface area contributed by atoms with Gasteiger partial charge in [0.2, 0.25) is 0 Å². The van der Waals surface area contributed by atoms with Crippen molar-refractivity contribution in [3.05, 3.63) is 76.1 Å². The Labute approximate surface area is 223 Å². The van der Waals surface area contributed by atoms with Gasteiger partial charge < -0.3 is 14.4 Å². The highest BCUT2D eigenvalue weighted by Gasteiger charge is 2.28. The number of rotatable bonds is 8. The number of nitro benzene ring substituents is 1. The molecule has 0 N–H and O–H groups in total. The Kier molecular flexibility index (Phi) is 7.36. The summed E-state index contributed by atoms with van der Waals surface area (Å²) in [5, 5.41) is 12.5. The van der Waals surface area contributed by atoms with Crippen LogP contribution in [0.4, 0.5) is 16.5 Å². The first-order valence-corrected chi connectivity index (χ1v) is 13.1. The molecule has 0 spiro atoms. The van der Waals surface area contributed by atoms with Crippen LogP contribution in [-0.2, 0) is 6.54 Å². The lowest BCUT2D eigenvalue weighted by atomic mass is 10.1. The van der Waals surface area contributed by atoms with Gasteiger partial charge in [0.1, 0.15) is 27.4 Å². The number of nitro groups is 1. The Morgan fingerprint density at radius 1 is 1.11 bits per heavy atom. The molecule has 1 aliphatic heterocycles. The van der Waals surface area contributed by atoms with E-state index in [2.05, 4.69) is 4.98 Å². The molecule has 10 nitrogen and oxygen atoms in total. The molecule has 1 aliphatic rings. The van der Waals surface area contributed by atoms with E-state index in [0.29, 0.717) is 27.8 Å². The van der Waals surface area contributed by atoms with Crippen LogP contribution >= 0.6 is 11.3 Å². The van der Waals surface area contributed by atoms with E-state index in [1.165, 1.54) is 22.3 Å². The molecular weight excluding hydrogens is 506 g/mol. The van der Waals surface area contributed by atoms with E-state index >= 15 is 0 Å². The van der Waals surface area contributed by atoms with Gasteiger partial charge in [0.15, 0.2) is 5.13 Å². The van der Waals surface area contributed by atoms with Gasteiger partial charge in [-0.25, -0.2) is 4.98 Å². The number of carbonyl (C=O) groups is 1. The summed E-state index contributed by atoms with van der Waals surface area (Å²) in [7, 11) is 3.13. The number of benzene rings is 2. The Morgan fingerprint density at radius 3 is 2.55 bits per heavy atom. The third-order valence-corrected chi connectivity index (χ3v) is 7.65. The van der Waals surface area contributed by atoms with E-state index in [0.717, 1.165) is 42.6 Å². The van der Waals surface area contributed by atoms with Crippen LogP contribution in [0.5, 0.6) is 11.5 Å². The molecule has 4 aromatic rings. The van der Waals surface area contributed by atoms with Crippen molar-refractivity contribution in [2.24, 2.45) is 0 Å². The van der Waals surface area contributed by atoms with Crippen molar-refractivity contribution in [1.82, 2.24) is 9.97 Å². The maximum Gasteiger partial charge on any atom is 0.293 e. The standard InChI is InChI=1S/C27H27N5O5S/c1-36-22-10-11-23(37-2)25-24(22)29-27(38-25)31(17-18-7-6-12-28-16-18)26(33)19-8-9-20(21(15-19)32(34)35)30-13-4-3-5-14-30/h6-12,15-16H,3-5,13-14,17H2,1-2H3. The second-order valence-electron chi connectivity index (χ2n) is 8.91. The van der Waals surface area contributed by atoms with Crippen molar-refractivity contribution in [3.8, 4) is 11.5 Å². The number of fused-ring (bicyclic) bond motifs is 1. The molecule has 1 saturated heterocycles. The number of thiazole rings is 1. The van der Waals surface area contributed by atoms with Crippen molar-refractivity contribution < 1.29 is 19.2 Å². The maximum atomic E-state index is 14.0. The minimum atomic E-state index is -0.417. The van der Waals surface area contributed by atoms with E-state index < -0.39 is 10.8 Å². The van der Waals surface area contributed by atoms with Gasteiger partial charge in [0, 0.05) is 37.1 Å². The van der Waals surface area contributed by atoms with E-state index in [1.54, 1.807) is 56.9 Å². The molecule has 1 fully saturated rings. The van der Waals surface area contributed by atoms with Gasteiger partial charge >= 0.3 is 0 Å². The zero-order valence-corrected chi connectivity index (χ0v) is 21.9. The summed E-state index contributed by atoms with van der Waals surface area (Å²) in [5.41, 5.74) is 2.03. The summed E-state index contributed by atoms with van der Waals surface area (Å²) in [5.74, 6) is 0.762. The monoisotopic (exact) mass is 533 g/mol. The first-order valence-electron chi connectivity index (χ1n) is 12.3. The Bertz CT molecular complexity index is 1430. The Balaban J connectivity index is 1.59. The first kappa shape index (κ1) is 25.4. The Morgan fingerprint density at radius 2 is 1.87 bits per heavy atom. The van der Waals surface area contributed by atoms with Crippen molar-refractivity contribution in [2.45, 2.75) is 25.8 Å². The van der Waals surface area contributed by atoms with Crippen molar-refractivity contribution >= 4 is 44.0 Å². The fourth-order valence-electron chi connectivity index (χ4n) is 4.65. The van der Waals surface area contributed by atoms with Crippen LogP contribution in [-0.4, -0.2) is 48.1 Å². The number of piperidine rings is 1. The normalized spacial score (nSPS) is 13.4.